The van der Waals surface area contributed by atoms with E-state index in [1.165, 1.54) is 0 Å². The minimum Gasteiger partial charge on any atom is -0.388 e. The third-order valence-corrected chi connectivity index (χ3v) is 5.85. The Morgan fingerprint density at radius 1 is 1.40 bits per heavy atom. The molecular formula is C14H21NO4S. The fourth-order valence-electron chi connectivity index (χ4n) is 2.75. The lowest BCUT2D eigenvalue weighted by Crippen LogP contribution is -2.38. The Bertz CT molecular complexity index is 555. The number of aliphatic hydroxyl groups is 1. The van der Waals surface area contributed by atoms with Gasteiger partial charge in [-0.25, -0.2) is 8.42 Å². The Hall–Kier alpha value is -0.950. The normalized spacial score (nSPS) is 26.6. The van der Waals surface area contributed by atoms with E-state index >= 15 is 0 Å². The fourth-order valence-corrected chi connectivity index (χ4v) is 4.90. The molecule has 0 amide bonds. The molecule has 0 radical (unpaired) electrons. The SMILES string of the molecule is COCc1ccc(C(O)C2(CN)CCS(=O)(=O)C2)cc1. The van der Waals surface area contributed by atoms with Gasteiger partial charge in [0.25, 0.3) is 0 Å². The van der Waals surface area contributed by atoms with Gasteiger partial charge in [-0.3, -0.25) is 0 Å². The maximum atomic E-state index is 11.7. The zero-order chi connectivity index (χ0) is 14.8. The van der Waals surface area contributed by atoms with Gasteiger partial charge < -0.3 is 15.6 Å². The maximum absolute atomic E-state index is 11.7. The molecular weight excluding hydrogens is 278 g/mol. The second-order valence-corrected chi connectivity index (χ2v) is 7.67. The van der Waals surface area contributed by atoms with E-state index in [0.29, 0.717) is 18.6 Å². The van der Waals surface area contributed by atoms with Crippen LogP contribution >= 0.6 is 0 Å². The monoisotopic (exact) mass is 299 g/mol. The van der Waals surface area contributed by atoms with Crippen molar-refractivity contribution < 1.29 is 18.3 Å². The predicted molar refractivity (Wildman–Crippen MR) is 76.9 cm³/mol. The van der Waals surface area contributed by atoms with Gasteiger partial charge in [0.05, 0.1) is 24.2 Å². The Balaban J connectivity index is 2.23. The quantitative estimate of drug-likeness (QED) is 0.832. The molecule has 2 rings (SSSR count). The summed E-state index contributed by atoms with van der Waals surface area (Å²) in [4.78, 5) is 0. The summed E-state index contributed by atoms with van der Waals surface area (Å²) in [6.45, 7) is 0.667. The highest BCUT2D eigenvalue weighted by atomic mass is 32.2. The standard InChI is InChI=1S/C14H21NO4S/c1-19-8-11-2-4-12(5-3-11)13(16)14(9-15)6-7-20(17,18)10-14/h2-5,13,16H,6-10,15H2,1H3. The summed E-state index contributed by atoms with van der Waals surface area (Å²) in [6, 6.07) is 7.36. The average molecular weight is 299 g/mol. The van der Waals surface area contributed by atoms with E-state index in [9.17, 15) is 13.5 Å². The van der Waals surface area contributed by atoms with Crippen LogP contribution in [-0.2, 0) is 21.2 Å². The summed E-state index contributed by atoms with van der Waals surface area (Å²) in [6.07, 6.45) is -0.450. The molecule has 20 heavy (non-hydrogen) atoms. The van der Waals surface area contributed by atoms with E-state index in [-0.39, 0.29) is 18.1 Å². The van der Waals surface area contributed by atoms with Gasteiger partial charge in [-0.2, -0.15) is 0 Å². The molecule has 6 heteroatoms. The number of nitrogens with two attached hydrogens (primary N) is 1. The Morgan fingerprint density at radius 2 is 2.05 bits per heavy atom. The molecule has 1 aromatic carbocycles. The lowest BCUT2D eigenvalue weighted by Gasteiger charge is -2.32. The molecule has 2 atom stereocenters. The van der Waals surface area contributed by atoms with Crippen molar-refractivity contribution in [1.29, 1.82) is 0 Å². The van der Waals surface area contributed by atoms with Crippen molar-refractivity contribution >= 4 is 9.84 Å². The average Bonchev–Trinajstić information content (AvgIpc) is 2.76. The molecule has 1 saturated heterocycles. The van der Waals surface area contributed by atoms with Crippen LogP contribution in [0, 0.1) is 5.41 Å². The van der Waals surface area contributed by atoms with Crippen molar-refractivity contribution in [3.05, 3.63) is 35.4 Å². The van der Waals surface area contributed by atoms with Gasteiger partial charge in [-0.05, 0) is 17.5 Å². The van der Waals surface area contributed by atoms with Gasteiger partial charge >= 0.3 is 0 Å². The first kappa shape index (κ1) is 15.4. The summed E-state index contributed by atoms with van der Waals surface area (Å²) in [5.74, 6) is 0.0561. The number of methoxy groups -OCH3 is 1. The molecule has 0 bridgehead atoms. The molecule has 0 spiro atoms. The number of hydrogen-bond donors (Lipinski definition) is 2. The number of sulfone groups is 1. The summed E-state index contributed by atoms with van der Waals surface area (Å²) >= 11 is 0. The molecule has 1 fully saturated rings. The molecule has 112 valence electrons. The second kappa shape index (κ2) is 5.81. The Kier molecular flexibility index (Phi) is 4.49. The maximum Gasteiger partial charge on any atom is 0.151 e. The lowest BCUT2D eigenvalue weighted by molar-refractivity contribution is 0.0471. The van der Waals surface area contributed by atoms with E-state index in [1.54, 1.807) is 19.2 Å². The minimum absolute atomic E-state index is 0.0442. The van der Waals surface area contributed by atoms with E-state index in [2.05, 4.69) is 0 Å². The van der Waals surface area contributed by atoms with E-state index in [1.807, 2.05) is 12.1 Å². The molecule has 5 nitrogen and oxygen atoms in total. The van der Waals surface area contributed by atoms with E-state index in [4.69, 9.17) is 10.5 Å². The topological polar surface area (TPSA) is 89.6 Å². The van der Waals surface area contributed by atoms with Crippen LogP contribution in [0.2, 0.25) is 0 Å². The molecule has 1 aliphatic heterocycles. The number of ether oxygens (including phenoxy) is 1. The zero-order valence-electron chi connectivity index (χ0n) is 11.6. The van der Waals surface area contributed by atoms with Crippen LogP contribution in [0.4, 0.5) is 0 Å². The van der Waals surface area contributed by atoms with Crippen molar-refractivity contribution in [2.75, 3.05) is 25.2 Å². The van der Waals surface area contributed by atoms with Crippen LogP contribution in [-0.4, -0.2) is 38.7 Å². The van der Waals surface area contributed by atoms with E-state index in [0.717, 1.165) is 5.56 Å². The zero-order valence-corrected chi connectivity index (χ0v) is 12.4. The summed E-state index contributed by atoms with van der Waals surface area (Å²) in [5, 5.41) is 10.5. The molecule has 0 aliphatic carbocycles. The molecule has 0 saturated carbocycles. The van der Waals surface area contributed by atoms with Crippen LogP contribution in [0.1, 0.15) is 23.7 Å². The van der Waals surface area contributed by atoms with Crippen LogP contribution < -0.4 is 5.73 Å². The second-order valence-electron chi connectivity index (χ2n) is 5.49. The number of rotatable bonds is 5. The van der Waals surface area contributed by atoms with E-state index < -0.39 is 21.4 Å². The van der Waals surface area contributed by atoms with Crippen molar-refractivity contribution in [2.45, 2.75) is 19.1 Å². The van der Waals surface area contributed by atoms with Crippen molar-refractivity contribution in [1.82, 2.24) is 0 Å². The third-order valence-electron chi connectivity index (χ3n) is 4.01. The Morgan fingerprint density at radius 3 is 2.50 bits per heavy atom. The van der Waals surface area contributed by atoms with Gasteiger partial charge in [-0.15, -0.1) is 0 Å². The molecule has 1 heterocycles. The first-order valence-electron chi connectivity index (χ1n) is 6.59. The van der Waals surface area contributed by atoms with Gasteiger partial charge in [0.15, 0.2) is 9.84 Å². The molecule has 1 aromatic rings. The van der Waals surface area contributed by atoms with Crippen LogP contribution in [0.5, 0.6) is 0 Å². The lowest BCUT2D eigenvalue weighted by atomic mass is 9.78. The number of hydrogen-bond acceptors (Lipinski definition) is 5. The van der Waals surface area contributed by atoms with Crippen LogP contribution in [0.3, 0.4) is 0 Å². The van der Waals surface area contributed by atoms with Crippen molar-refractivity contribution in [3.63, 3.8) is 0 Å². The van der Waals surface area contributed by atoms with Crippen molar-refractivity contribution in [2.24, 2.45) is 11.1 Å². The first-order valence-corrected chi connectivity index (χ1v) is 8.41. The number of benzene rings is 1. The van der Waals surface area contributed by atoms with Gasteiger partial charge in [0, 0.05) is 19.1 Å². The van der Waals surface area contributed by atoms with Gasteiger partial charge in [-0.1, -0.05) is 24.3 Å². The highest BCUT2D eigenvalue weighted by Crippen LogP contribution is 2.42. The molecule has 3 N–H and O–H groups in total. The van der Waals surface area contributed by atoms with Crippen LogP contribution in [0.25, 0.3) is 0 Å². The summed E-state index contributed by atoms with van der Waals surface area (Å²) < 4.78 is 28.4. The Labute approximate surface area is 119 Å². The first-order chi connectivity index (χ1) is 9.42. The van der Waals surface area contributed by atoms with Crippen molar-refractivity contribution in [3.8, 4) is 0 Å². The van der Waals surface area contributed by atoms with Gasteiger partial charge in [0.2, 0.25) is 0 Å². The van der Waals surface area contributed by atoms with Crippen LogP contribution in [0.15, 0.2) is 24.3 Å². The third kappa shape index (κ3) is 3.03. The minimum atomic E-state index is -3.10. The summed E-state index contributed by atoms with van der Waals surface area (Å²) in [5.41, 5.74) is 6.70. The highest BCUT2D eigenvalue weighted by molar-refractivity contribution is 7.91. The predicted octanol–water partition coefficient (Wildman–Crippen LogP) is 0.630. The van der Waals surface area contributed by atoms with Gasteiger partial charge in [0.1, 0.15) is 0 Å². The molecule has 1 aliphatic rings. The molecule has 0 aromatic heterocycles. The number of aliphatic hydroxyl groups excluding tert-OH is 1. The molecule has 2 unspecified atom stereocenters. The largest absolute Gasteiger partial charge is 0.388 e. The fraction of sp³-hybridized carbons (Fsp3) is 0.571. The summed E-state index contributed by atoms with van der Waals surface area (Å²) in [7, 11) is -1.48. The highest BCUT2D eigenvalue weighted by Gasteiger charge is 2.46. The smallest absolute Gasteiger partial charge is 0.151 e.